The Bertz CT molecular complexity index is 568. The Morgan fingerprint density at radius 3 is 2.64 bits per heavy atom. The van der Waals surface area contributed by atoms with E-state index in [1.807, 2.05) is 23.1 Å². The van der Waals surface area contributed by atoms with Crippen molar-refractivity contribution in [2.45, 2.75) is 25.3 Å². The van der Waals surface area contributed by atoms with Crippen molar-refractivity contribution >= 4 is 17.8 Å². The number of anilines is 1. The lowest BCUT2D eigenvalue weighted by atomic mass is 10.1. The van der Waals surface area contributed by atoms with Gasteiger partial charge in [0.25, 0.3) is 0 Å². The molecule has 6 nitrogen and oxygen atoms in total. The number of carbonyl (C=O) groups excluding carboxylic acids is 2. The molecule has 1 N–H and O–H groups in total. The maximum atomic E-state index is 12.5. The molecule has 1 aromatic rings. The number of likely N-dealkylation sites (tertiary alicyclic amines) is 1. The van der Waals surface area contributed by atoms with Gasteiger partial charge in [0.15, 0.2) is 0 Å². The van der Waals surface area contributed by atoms with Crippen LogP contribution in [0.4, 0.5) is 15.3 Å². The van der Waals surface area contributed by atoms with Crippen LogP contribution in [0.1, 0.15) is 18.4 Å². The van der Waals surface area contributed by atoms with Crippen molar-refractivity contribution in [3.63, 3.8) is 0 Å². The Kier molecular flexibility index (Phi) is 4.18. The largest absolute Gasteiger partial charge is 0.453 e. The summed E-state index contributed by atoms with van der Waals surface area (Å²) in [6, 6.07) is 8.09. The van der Waals surface area contributed by atoms with Gasteiger partial charge in [-0.3, -0.25) is 4.90 Å². The average Bonchev–Trinajstić information content (AvgIpc) is 2.99. The molecule has 3 amide bonds. The third-order valence-electron chi connectivity index (χ3n) is 4.39. The zero-order valence-corrected chi connectivity index (χ0v) is 12.7. The molecule has 22 heavy (non-hydrogen) atoms. The first-order chi connectivity index (χ1) is 10.7. The SMILES string of the molecule is COC(=O)N1CCC(NC(=O)N2CCc3ccccc32)CC1. The first-order valence-corrected chi connectivity index (χ1v) is 7.68. The van der Waals surface area contributed by atoms with Crippen LogP contribution in [0.25, 0.3) is 0 Å². The Morgan fingerprint density at radius 1 is 1.18 bits per heavy atom. The number of ether oxygens (including phenoxy) is 1. The lowest BCUT2D eigenvalue weighted by molar-refractivity contribution is 0.110. The van der Waals surface area contributed by atoms with E-state index in [0.29, 0.717) is 13.1 Å². The summed E-state index contributed by atoms with van der Waals surface area (Å²) in [5, 5.41) is 3.09. The number of hydrogen-bond donors (Lipinski definition) is 1. The van der Waals surface area contributed by atoms with Gasteiger partial charge in [-0.05, 0) is 30.9 Å². The molecule has 1 fully saturated rings. The first kappa shape index (κ1) is 14.7. The summed E-state index contributed by atoms with van der Waals surface area (Å²) >= 11 is 0. The van der Waals surface area contributed by atoms with Crippen LogP contribution in [-0.2, 0) is 11.2 Å². The van der Waals surface area contributed by atoms with Gasteiger partial charge in [-0.1, -0.05) is 18.2 Å². The second-order valence-corrected chi connectivity index (χ2v) is 5.71. The van der Waals surface area contributed by atoms with Crippen molar-refractivity contribution in [3.05, 3.63) is 29.8 Å². The highest BCUT2D eigenvalue weighted by Gasteiger charge is 2.28. The second-order valence-electron chi connectivity index (χ2n) is 5.71. The molecule has 2 aliphatic heterocycles. The first-order valence-electron chi connectivity index (χ1n) is 7.68. The molecule has 0 saturated carbocycles. The number of piperidine rings is 1. The third-order valence-corrected chi connectivity index (χ3v) is 4.39. The van der Waals surface area contributed by atoms with Crippen molar-refractivity contribution in [2.75, 3.05) is 31.6 Å². The molecule has 0 bridgehead atoms. The number of nitrogens with one attached hydrogen (secondary N) is 1. The fourth-order valence-electron chi connectivity index (χ4n) is 3.14. The highest BCUT2D eigenvalue weighted by Crippen LogP contribution is 2.27. The van der Waals surface area contributed by atoms with Gasteiger partial charge >= 0.3 is 12.1 Å². The van der Waals surface area contributed by atoms with Crippen LogP contribution < -0.4 is 10.2 Å². The molecule has 2 heterocycles. The minimum atomic E-state index is -0.293. The fraction of sp³-hybridized carbons (Fsp3) is 0.500. The van der Waals surface area contributed by atoms with Gasteiger partial charge in [0.1, 0.15) is 0 Å². The van der Waals surface area contributed by atoms with Gasteiger partial charge in [-0.25, -0.2) is 9.59 Å². The fourth-order valence-corrected chi connectivity index (χ4v) is 3.14. The van der Waals surface area contributed by atoms with E-state index in [1.54, 1.807) is 4.90 Å². The second kappa shape index (κ2) is 6.25. The van der Waals surface area contributed by atoms with E-state index in [0.717, 1.165) is 31.5 Å². The van der Waals surface area contributed by atoms with Crippen molar-refractivity contribution in [1.82, 2.24) is 10.2 Å². The summed E-state index contributed by atoms with van der Waals surface area (Å²) in [5.74, 6) is 0. The number of hydrogen-bond acceptors (Lipinski definition) is 3. The van der Waals surface area contributed by atoms with Crippen LogP contribution in [0, 0.1) is 0 Å². The van der Waals surface area contributed by atoms with E-state index >= 15 is 0 Å². The van der Waals surface area contributed by atoms with E-state index in [4.69, 9.17) is 4.74 Å². The zero-order chi connectivity index (χ0) is 15.5. The van der Waals surface area contributed by atoms with Crippen LogP contribution in [0.2, 0.25) is 0 Å². The average molecular weight is 303 g/mol. The molecular formula is C16H21N3O3. The summed E-state index contributed by atoms with van der Waals surface area (Å²) in [7, 11) is 1.39. The molecule has 0 aliphatic carbocycles. The monoisotopic (exact) mass is 303 g/mol. The zero-order valence-electron chi connectivity index (χ0n) is 12.7. The van der Waals surface area contributed by atoms with Crippen molar-refractivity contribution in [3.8, 4) is 0 Å². The predicted molar refractivity (Wildman–Crippen MR) is 83.0 cm³/mol. The summed E-state index contributed by atoms with van der Waals surface area (Å²) in [6.45, 7) is 1.97. The highest BCUT2D eigenvalue weighted by atomic mass is 16.5. The summed E-state index contributed by atoms with van der Waals surface area (Å²) < 4.78 is 4.72. The number of carbonyl (C=O) groups is 2. The van der Waals surface area contributed by atoms with E-state index in [9.17, 15) is 9.59 Å². The number of amides is 3. The smallest absolute Gasteiger partial charge is 0.409 e. The number of methoxy groups -OCH3 is 1. The maximum absolute atomic E-state index is 12.5. The van der Waals surface area contributed by atoms with Crippen LogP contribution in [0.5, 0.6) is 0 Å². The quantitative estimate of drug-likeness (QED) is 0.863. The van der Waals surface area contributed by atoms with Crippen LogP contribution in [0.3, 0.4) is 0 Å². The summed E-state index contributed by atoms with van der Waals surface area (Å²) in [6.07, 6.45) is 2.13. The van der Waals surface area contributed by atoms with Crippen molar-refractivity contribution in [1.29, 1.82) is 0 Å². The summed E-state index contributed by atoms with van der Waals surface area (Å²) in [5.41, 5.74) is 2.23. The number of fused-ring (bicyclic) bond motifs is 1. The third kappa shape index (κ3) is 2.86. The minimum absolute atomic E-state index is 0.0403. The molecule has 1 saturated heterocycles. The number of urea groups is 1. The Morgan fingerprint density at radius 2 is 1.91 bits per heavy atom. The molecular weight excluding hydrogens is 282 g/mol. The van der Waals surface area contributed by atoms with Crippen LogP contribution in [0.15, 0.2) is 24.3 Å². The molecule has 0 radical (unpaired) electrons. The molecule has 0 unspecified atom stereocenters. The van der Waals surface area contributed by atoms with Crippen LogP contribution >= 0.6 is 0 Å². The van der Waals surface area contributed by atoms with E-state index in [-0.39, 0.29) is 18.2 Å². The normalized spacial score (nSPS) is 18.0. The molecule has 0 atom stereocenters. The lowest BCUT2D eigenvalue weighted by Crippen LogP contribution is -2.50. The Balaban J connectivity index is 1.55. The molecule has 2 aliphatic rings. The topological polar surface area (TPSA) is 61.9 Å². The molecule has 1 aromatic carbocycles. The Hall–Kier alpha value is -2.24. The van der Waals surface area contributed by atoms with E-state index in [2.05, 4.69) is 11.4 Å². The van der Waals surface area contributed by atoms with Crippen LogP contribution in [-0.4, -0.2) is 49.8 Å². The molecule has 0 spiro atoms. The molecule has 0 aromatic heterocycles. The highest BCUT2D eigenvalue weighted by molar-refractivity contribution is 5.94. The van der Waals surface area contributed by atoms with Gasteiger partial charge in [0, 0.05) is 31.4 Å². The van der Waals surface area contributed by atoms with Crippen molar-refractivity contribution < 1.29 is 14.3 Å². The van der Waals surface area contributed by atoms with Gasteiger partial charge in [-0.15, -0.1) is 0 Å². The Labute approximate surface area is 130 Å². The summed E-state index contributed by atoms with van der Waals surface area (Å²) in [4.78, 5) is 27.4. The number of benzene rings is 1. The van der Waals surface area contributed by atoms with Gasteiger partial charge in [0.2, 0.25) is 0 Å². The number of para-hydroxylation sites is 1. The lowest BCUT2D eigenvalue weighted by Gasteiger charge is -2.32. The number of nitrogens with zero attached hydrogens (tertiary/aromatic N) is 2. The molecule has 3 rings (SSSR count). The predicted octanol–water partition coefficient (Wildman–Crippen LogP) is 1.99. The maximum Gasteiger partial charge on any atom is 0.409 e. The van der Waals surface area contributed by atoms with Gasteiger partial charge in [0.05, 0.1) is 7.11 Å². The van der Waals surface area contributed by atoms with Gasteiger partial charge in [-0.2, -0.15) is 0 Å². The number of rotatable bonds is 1. The molecule has 6 heteroatoms. The molecule has 118 valence electrons. The van der Waals surface area contributed by atoms with E-state index in [1.165, 1.54) is 12.7 Å². The minimum Gasteiger partial charge on any atom is -0.453 e. The standard InChI is InChI=1S/C16H21N3O3/c1-22-16(21)18-9-7-13(8-10-18)17-15(20)19-11-6-12-4-2-3-5-14(12)19/h2-5,13H,6-11H2,1H3,(H,17,20). The van der Waals surface area contributed by atoms with E-state index < -0.39 is 0 Å². The van der Waals surface area contributed by atoms with Gasteiger partial charge < -0.3 is 15.0 Å². The van der Waals surface area contributed by atoms with Crippen molar-refractivity contribution in [2.24, 2.45) is 0 Å².